The maximum absolute atomic E-state index is 3.56. The molecule has 0 aromatic heterocycles. The molecule has 0 aromatic carbocycles. The van der Waals surface area contributed by atoms with Crippen LogP contribution in [0.4, 0.5) is 0 Å². The number of hydrogen-bond donors (Lipinski definition) is 0. The molecule has 0 unspecified atom stereocenters. The summed E-state index contributed by atoms with van der Waals surface area (Å²) in [5, 5.41) is 1.17. The second-order valence-corrected chi connectivity index (χ2v) is 1.21. The normalized spacial score (nSPS) is 6.00. The summed E-state index contributed by atoms with van der Waals surface area (Å²) >= 11 is 0. The summed E-state index contributed by atoms with van der Waals surface area (Å²) in [6.07, 6.45) is 0. The van der Waals surface area contributed by atoms with Gasteiger partial charge < -0.3 is 0 Å². The Morgan fingerprint density at radius 2 is 2.00 bits per heavy atom. The summed E-state index contributed by atoms with van der Waals surface area (Å²) in [7, 11) is 5.53. The first-order valence-electron chi connectivity index (χ1n) is 1.35. The quantitative estimate of drug-likeness (QED) is 0.299. The van der Waals surface area contributed by atoms with Gasteiger partial charge in [0.1, 0.15) is 0 Å². The van der Waals surface area contributed by atoms with E-state index in [1.165, 1.54) is 5.36 Å². The molecule has 0 heterocycles. The molecule has 0 fully saturated rings. The average molecular weight is 51.7 g/mol. The van der Waals surface area contributed by atoms with Crippen LogP contribution in [0.25, 0.3) is 0 Å². The minimum absolute atomic E-state index is 1.17. The summed E-state index contributed by atoms with van der Waals surface area (Å²) in [5.74, 6) is 0. The Morgan fingerprint density at radius 1 is 2.00 bits per heavy atom. The van der Waals surface area contributed by atoms with Crippen LogP contribution in [0.1, 0.15) is 6.92 Å². The third kappa shape index (κ3) is 119000000. The summed E-state index contributed by atoms with van der Waals surface area (Å²) in [4.78, 5) is 0. The van der Waals surface area contributed by atoms with Gasteiger partial charge >= 0.3 is 27.6 Å². The van der Waals surface area contributed by atoms with Gasteiger partial charge in [0.25, 0.3) is 0 Å². The summed E-state index contributed by atoms with van der Waals surface area (Å²) in [6, 6.07) is 0. The molecule has 0 nitrogen and oxygen atoms in total. The first-order valence-corrected chi connectivity index (χ1v) is 1.35. The van der Waals surface area contributed by atoms with Gasteiger partial charge in [0.2, 0.25) is 0 Å². The molecule has 0 bridgehead atoms. The standard InChI is InChI=1S/C2H6B2/c1-2(3)4/h3H,4H2,1H3. The molecule has 0 aliphatic heterocycles. The Bertz CT molecular complexity index is 27.0. The van der Waals surface area contributed by atoms with E-state index in [-0.39, 0.29) is 0 Å². The summed E-state index contributed by atoms with van der Waals surface area (Å²) < 4.78 is 0. The van der Waals surface area contributed by atoms with Gasteiger partial charge in [0.15, 0.2) is 0 Å². The van der Waals surface area contributed by atoms with Gasteiger partial charge in [-0.15, -0.1) is 0 Å². The van der Waals surface area contributed by atoms with Gasteiger partial charge in [-0.2, -0.15) is 0 Å². The Morgan fingerprint density at radius 3 is 2.00 bits per heavy atom. The van der Waals surface area contributed by atoms with E-state index in [9.17, 15) is 0 Å². The van der Waals surface area contributed by atoms with Crippen LogP contribution in [0.5, 0.6) is 0 Å². The van der Waals surface area contributed by atoms with E-state index in [1.54, 1.807) is 0 Å². The molecular formula is C2H6B2. The predicted octanol–water partition coefficient (Wildman–Crippen LogP) is -1.33. The fourth-order valence-electron chi connectivity index (χ4n) is 0. The number of hydrogen-bond acceptors (Lipinski definition) is 0. The first-order chi connectivity index (χ1) is 1.73. The fraction of sp³-hybridized carbons (Fsp3) is 0.500. The van der Waals surface area contributed by atoms with Crippen molar-refractivity contribution in [2.45, 2.75) is 6.92 Å². The molecule has 0 aliphatic carbocycles. The average Bonchev–Trinajstić information content (AvgIpc) is 0.811. The molecule has 0 amide bonds. The zero-order chi connectivity index (χ0) is 3.58. The van der Waals surface area contributed by atoms with E-state index in [0.29, 0.717) is 0 Å². The Hall–Kier alpha value is -0.000130. The summed E-state index contributed by atoms with van der Waals surface area (Å²) in [6.45, 7) is 1.97. The van der Waals surface area contributed by atoms with Crippen molar-refractivity contribution in [2.24, 2.45) is 0 Å². The van der Waals surface area contributed by atoms with E-state index in [4.69, 9.17) is 0 Å². The topological polar surface area (TPSA) is 0 Å². The van der Waals surface area contributed by atoms with Crippen LogP contribution in [0, 0.1) is 0 Å². The Balaban J connectivity index is 2.80. The molecule has 2 heteroatoms. The zero-order valence-electron chi connectivity index (χ0n) is 3.21. The molecule has 0 rings (SSSR count). The zero-order valence-corrected chi connectivity index (χ0v) is 3.21. The number of rotatable bonds is 0. The van der Waals surface area contributed by atoms with Gasteiger partial charge in [-0.05, 0) is 0 Å². The van der Waals surface area contributed by atoms with Gasteiger partial charge in [-0.3, -0.25) is 0 Å². The third-order valence-corrected chi connectivity index (χ3v) is 0. The van der Waals surface area contributed by atoms with Gasteiger partial charge in [0.05, 0.1) is 0 Å². The fourth-order valence-corrected chi connectivity index (χ4v) is 0. The molecule has 20 valence electrons. The van der Waals surface area contributed by atoms with Crippen molar-refractivity contribution in [3.05, 3.63) is 0 Å². The third-order valence-electron chi connectivity index (χ3n) is 0. The van der Waals surface area contributed by atoms with Gasteiger partial charge in [-0.25, -0.2) is 0 Å². The second-order valence-electron chi connectivity index (χ2n) is 1.21. The van der Waals surface area contributed by atoms with Crippen LogP contribution in [-0.2, 0) is 0 Å². The van der Waals surface area contributed by atoms with Crippen LogP contribution < -0.4 is 0 Å². The SMILES string of the molecule is B=C(B)C. The molecule has 0 saturated carbocycles. The van der Waals surface area contributed by atoms with Crippen molar-refractivity contribution in [2.75, 3.05) is 0 Å². The molecule has 0 aromatic rings. The van der Waals surface area contributed by atoms with E-state index in [1.807, 2.05) is 14.8 Å². The van der Waals surface area contributed by atoms with Crippen molar-refractivity contribution in [1.82, 2.24) is 0 Å². The molecule has 0 atom stereocenters. The van der Waals surface area contributed by atoms with Crippen molar-refractivity contribution in [1.29, 1.82) is 0 Å². The monoisotopic (exact) mass is 52.1 g/mol. The van der Waals surface area contributed by atoms with Gasteiger partial charge in [-0.1, -0.05) is 0 Å². The summed E-state index contributed by atoms with van der Waals surface area (Å²) in [5.41, 5.74) is 0. The second kappa shape index (κ2) is 1.33. The first kappa shape index (κ1) is 4.00. The minimum atomic E-state index is 1.17. The molecule has 0 radical (unpaired) electrons. The van der Waals surface area contributed by atoms with Crippen molar-refractivity contribution in [3.63, 3.8) is 0 Å². The van der Waals surface area contributed by atoms with Crippen molar-refractivity contribution >= 4 is 20.7 Å². The Kier molecular flexibility index (Phi) is 1.33. The maximum atomic E-state index is 3.56. The van der Waals surface area contributed by atoms with E-state index >= 15 is 0 Å². The Labute approximate surface area is 28.7 Å². The van der Waals surface area contributed by atoms with Crippen molar-refractivity contribution < 1.29 is 0 Å². The predicted molar refractivity (Wildman–Crippen MR) is 26.4 cm³/mol. The molecule has 0 saturated heterocycles. The van der Waals surface area contributed by atoms with Crippen LogP contribution in [0.15, 0.2) is 0 Å². The van der Waals surface area contributed by atoms with Crippen LogP contribution in [-0.4, -0.2) is 20.7 Å². The molecule has 0 N–H and O–H groups in total. The van der Waals surface area contributed by atoms with E-state index in [0.717, 1.165) is 0 Å². The molecule has 0 spiro atoms. The van der Waals surface area contributed by atoms with Crippen LogP contribution in [0.2, 0.25) is 0 Å². The molecule has 0 aliphatic rings. The van der Waals surface area contributed by atoms with Crippen molar-refractivity contribution in [3.8, 4) is 0 Å². The molecule has 4 heavy (non-hydrogen) atoms. The van der Waals surface area contributed by atoms with Crippen LogP contribution in [0.3, 0.4) is 0 Å². The van der Waals surface area contributed by atoms with E-state index < -0.39 is 0 Å². The molecular weight excluding hydrogens is 45.6 g/mol. The van der Waals surface area contributed by atoms with Crippen LogP contribution >= 0.6 is 0 Å². The van der Waals surface area contributed by atoms with E-state index in [2.05, 4.69) is 7.49 Å². The van der Waals surface area contributed by atoms with Gasteiger partial charge in [0, 0.05) is 0 Å².